The van der Waals surface area contributed by atoms with Gasteiger partial charge in [0, 0.05) is 30.6 Å². The lowest BCUT2D eigenvalue weighted by atomic mass is 9.95. The van der Waals surface area contributed by atoms with Crippen LogP contribution in [0.5, 0.6) is 0 Å². The number of nitrogens with one attached hydrogen (secondary N) is 1. The zero-order valence-electron chi connectivity index (χ0n) is 18.3. The van der Waals surface area contributed by atoms with Crippen LogP contribution in [0.2, 0.25) is 0 Å². The summed E-state index contributed by atoms with van der Waals surface area (Å²) in [6, 6.07) is 15.9. The Morgan fingerprint density at radius 3 is 2.62 bits per heavy atom. The number of guanidine groups is 1. The lowest BCUT2D eigenvalue weighted by Gasteiger charge is -2.29. The SMILES string of the molecule is CC(c1ccc(-c2ccccc2)c(F)c1)c1cc(N=C(NOP(=O)(O)O)N2CCOCC2)on1. The van der Waals surface area contributed by atoms with E-state index in [4.69, 9.17) is 19.0 Å². The van der Waals surface area contributed by atoms with E-state index in [0.717, 1.165) is 5.56 Å². The van der Waals surface area contributed by atoms with Crippen molar-refractivity contribution in [2.75, 3.05) is 26.3 Å². The molecule has 1 saturated heterocycles. The molecule has 3 N–H and O–H groups in total. The summed E-state index contributed by atoms with van der Waals surface area (Å²) >= 11 is 0. The molecule has 0 aliphatic carbocycles. The van der Waals surface area contributed by atoms with Crippen molar-refractivity contribution in [2.24, 2.45) is 4.99 Å². The number of ether oxygens (including phenoxy) is 1. The summed E-state index contributed by atoms with van der Waals surface area (Å²) in [5, 5.41) is 4.04. The minimum atomic E-state index is -4.79. The first-order valence-corrected chi connectivity index (χ1v) is 12.1. The zero-order chi connectivity index (χ0) is 24.1. The molecular weight excluding hydrogens is 466 g/mol. The average Bonchev–Trinajstić information content (AvgIpc) is 3.30. The van der Waals surface area contributed by atoms with Gasteiger partial charge in [0.1, 0.15) is 5.82 Å². The van der Waals surface area contributed by atoms with Crippen molar-refractivity contribution < 1.29 is 32.6 Å². The van der Waals surface area contributed by atoms with Crippen LogP contribution in [0, 0.1) is 5.82 Å². The van der Waals surface area contributed by atoms with Crippen LogP contribution in [0.1, 0.15) is 24.1 Å². The van der Waals surface area contributed by atoms with Crippen LogP contribution >= 0.6 is 7.82 Å². The highest BCUT2D eigenvalue weighted by Crippen LogP contribution is 2.34. The smallest absolute Gasteiger partial charge is 0.378 e. The van der Waals surface area contributed by atoms with Gasteiger partial charge in [-0.3, -0.25) is 0 Å². The molecule has 2 aromatic carbocycles. The number of aromatic nitrogens is 1. The Morgan fingerprint density at radius 1 is 1.21 bits per heavy atom. The number of nitrogens with zero attached hydrogens (tertiary/aromatic N) is 3. The summed E-state index contributed by atoms with van der Waals surface area (Å²) in [6.45, 7) is 3.56. The molecule has 0 saturated carbocycles. The van der Waals surface area contributed by atoms with E-state index in [1.807, 2.05) is 43.3 Å². The zero-order valence-corrected chi connectivity index (χ0v) is 19.2. The molecule has 10 nitrogen and oxygen atoms in total. The lowest BCUT2D eigenvalue weighted by Crippen LogP contribution is -2.46. The minimum absolute atomic E-state index is 0.0419. The van der Waals surface area contributed by atoms with Gasteiger partial charge in [0.2, 0.25) is 5.96 Å². The number of halogens is 1. The molecule has 0 radical (unpaired) electrons. The quantitative estimate of drug-likeness (QED) is 0.206. The summed E-state index contributed by atoms with van der Waals surface area (Å²) in [5.41, 5.74) is 4.72. The van der Waals surface area contributed by atoms with Crippen molar-refractivity contribution in [3.05, 3.63) is 71.7 Å². The first-order valence-electron chi connectivity index (χ1n) is 10.5. The molecular formula is C22H24FN4O6P. The van der Waals surface area contributed by atoms with E-state index in [0.29, 0.717) is 43.1 Å². The van der Waals surface area contributed by atoms with Crippen LogP contribution in [0.3, 0.4) is 0 Å². The van der Waals surface area contributed by atoms with Crippen LogP contribution < -0.4 is 5.48 Å². The number of hydrogen-bond donors (Lipinski definition) is 3. The molecule has 0 spiro atoms. The van der Waals surface area contributed by atoms with Gasteiger partial charge in [0.25, 0.3) is 5.88 Å². The van der Waals surface area contributed by atoms with Crippen molar-refractivity contribution in [1.29, 1.82) is 0 Å². The third-order valence-electron chi connectivity index (χ3n) is 5.32. The van der Waals surface area contributed by atoms with Crippen LogP contribution in [0.4, 0.5) is 10.3 Å². The highest BCUT2D eigenvalue weighted by Gasteiger charge is 2.22. The molecule has 1 aliphatic rings. The number of aliphatic imine (C=N–C) groups is 1. The molecule has 34 heavy (non-hydrogen) atoms. The predicted octanol–water partition coefficient (Wildman–Crippen LogP) is 3.57. The van der Waals surface area contributed by atoms with E-state index in [1.165, 1.54) is 6.07 Å². The summed E-state index contributed by atoms with van der Waals surface area (Å²) in [4.78, 5) is 24.0. The Bertz CT molecular complexity index is 1190. The summed E-state index contributed by atoms with van der Waals surface area (Å²) < 4.78 is 40.9. The van der Waals surface area contributed by atoms with Gasteiger partial charge in [-0.25, -0.2) is 14.4 Å². The Labute approximate surface area is 195 Å². The van der Waals surface area contributed by atoms with Gasteiger partial charge in [-0.15, -0.1) is 0 Å². The Balaban J connectivity index is 1.54. The summed E-state index contributed by atoms with van der Waals surface area (Å²) in [5.74, 6) is -0.504. The maximum atomic E-state index is 14.8. The third-order valence-corrected chi connectivity index (χ3v) is 5.65. The van der Waals surface area contributed by atoms with Gasteiger partial charge in [0.05, 0.1) is 18.9 Å². The fraction of sp³-hybridized carbons (Fsp3) is 0.273. The fourth-order valence-electron chi connectivity index (χ4n) is 3.50. The van der Waals surface area contributed by atoms with Gasteiger partial charge in [0.15, 0.2) is 0 Å². The second-order valence-corrected chi connectivity index (χ2v) is 8.80. The molecule has 3 aromatic rings. The van der Waals surface area contributed by atoms with Gasteiger partial charge in [-0.1, -0.05) is 54.5 Å². The van der Waals surface area contributed by atoms with Gasteiger partial charge in [-0.05, 0) is 17.2 Å². The molecule has 0 amide bonds. The van der Waals surface area contributed by atoms with E-state index in [1.54, 1.807) is 17.0 Å². The first-order chi connectivity index (χ1) is 16.3. The van der Waals surface area contributed by atoms with Crippen LogP contribution in [0.25, 0.3) is 11.1 Å². The van der Waals surface area contributed by atoms with Gasteiger partial charge < -0.3 is 23.9 Å². The molecule has 1 aliphatic heterocycles. The Morgan fingerprint density at radius 2 is 1.94 bits per heavy atom. The molecule has 2 heterocycles. The standard InChI is InChI=1S/C22H24FN4O6P/c1-15(17-7-8-18(19(23)13-17)16-5-3-2-4-6-16)20-14-21(32-25-20)24-22(26-33-34(28,29)30)27-9-11-31-12-10-27/h2-8,13-15H,9-12H2,1H3,(H,24,26)(H2,28,29,30). The van der Waals surface area contributed by atoms with E-state index in [-0.39, 0.29) is 23.6 Å². The second-order valence-electron chi connectivity index (χ2n) is 7.64. The second kappa shape index (κ2) is 10.5. The highest BCUT2D eigenvalue weighted by molar-refractivity contribution is 7.46. The summed E-state index contributed by atoms with van der Waals surface area (Å²) in [7, 11) is -4.79. The Kier molecular flexibility index (Phi) is 7.40. The van der Waals surface area contributed by atoms with E-state index < -0.39 is 7.82 Å². The molecule has 1 aromatic heterocycles. The number of morpholine rings is 1. The van der Waals surface area contributed by atoms with Crippen molar-refractivity contribution in [1.82, 2.24) is 15.5 Å². The topological polar surface area (TPSA) is 130 Å². The minimum Gasteiger partial charge on any atom is -0.378 e. The van der Waals surface area contributed by atoms with E-state index >= 15 is 0 Å². The highest BCUT2D eigenvalue weighted by atomic mass is 31.2. The molecule has 1 fully saturated rings. The average molecular weight is 490 g/mol. The van der Waals surface area contributed by atoms with Crippen LogP contribution in [-0.4, -0.2) is 52.1 Å². The number of hydrogen-bond acceptors (Lipinski definition) is 6. The summed E-state index contributed by atoms with van der Waals surface area (Å²) in [6.07, 6.45) is 0. The molecule has 12 heteroatoms. The van der Waals surface area contributed by atoms with Crippen molar-refractivity contribution in [2.45, 2.75) is 12.8 Å². The van der Waals surface area contributed by atoms with Crippen LogP contribution in [-0.2, 0) is 13.9 Å². The molecule has 1 unspecified atom stereocenters. The number of phosphoric acid groups is 1. The Hall–Kier alpha value is -3.08. The van der Waals surface area contributed by atoms with E-state index in [9.17, 15) is 8.96 Å². The molecule has 1 atom stereocenters. The number of hydroxylamine groups is 1. The van der Waals surface area contributed by atoms with Crippen molar-refractivity contribution in [3.8, 4) is 11.1 Å². The van der Waals surface area contributed by atoms with Crippen molar-refractivity contribution >= 4 is 19.7 Å². The molecule has 4 rings (SSSR count). The molecule has 0 bridgehead atoms. The first kappa shape index (κ1) is 24.1. The number of rotatable bonds is 6. The molecule has 180 valence electrons. The maximum absolute atomic E-state index is 14.8. The number of benzene rings is 2. The largest absolute Gasteiger partial charge is 0.491 e. The third kappa shape index (κ3) is 6.07. The fourth-order valence-corrected chi connectivity index (χ4v) is 3.70. The monoisotopic (exact) mass is 490 g/mol. The van der Waals surface area contributed by atoms with Crippen LogP contribution in [0.15, 0.2) is 64.1 Å². The lowest BCUT2D eigenvalue weighted by molar-refractivity contribution is 0.0604. The van der Waals surface area contributed by atoms with Gasteiger partial charge >= 0.3 is 7.82 Å². The van der Waals surface area contributed by atoms with E-state index in [2.05, 4.69) is 20.3 Å². The van der Waals surface area contributed by atoms with Crippen molar-refractivity contribution in [3.63, 3.8) is 0 Å². The normalized spacial score (nSPS) is 15.9. The van der Waals surface area contributed by atoms with Gasteiger partial charge in [-0.2, -0.15) is 9.62 Å². The maximum Gasteiger partial charge on any atom is 0.491 e. The predicted molar refractivity (Wildman–Crippen MR) is 122 cm³/mol.